The molecule has 0 saturated carbocycles. The Balaban J connectivity index is 2.94. The molecule has 0 aliphatic rings. The zero-order chi connectivity index (χ0) is 9.42. The maximum Gasteiger partial charge on any atom is 0.0911 e. The van der Waals surface area contributed by atoms with Crippen LogP contribution < -0.4 is 5.73 Å². The Bertz CT molecular complexity index is 466. The number of halogens is 1. The average molecular weight is 193 g/mol. The van der Waals surface area contributed by atoms with Crippen molar-refractivity contribution >= 4 is 28.2 Å². The Hall–Kier alpha value is -1.28. The Morgan fingerprint density at radius 2 is 2.08 bits per heavy atom. The number of rotatable bonds is 0. The van der Waals surface area contributed by atoms with Crippen LogP contribution in [0, 0.1) is 6.92 Å². The molecule has 0 saturated heterocycles. The quantitative estimate of drug-likeness (QED) is 0.697. The lowest BCUT2D eigenvalue weighted by Crippen LogP contribution is -1.90. The second kappa shape index (κ2) is 2.89. The van der Waals surface area contributed by atoms with Crippen LogP contribution in [0.2, 0.25) is 5.02 Å². The normalized spacial score (nSPS) is 10.6. The van der Waals surface area contributed by atoms with Gasteiger partial charge < -0.3 is 5.73 Å². The van der Waals surface area contributed by atoms with Gasteiger partial charge in [-0.05, 0) is 18.6 Å². The summed E-state index contributed by atoms with van der Waals surface area (Å²) in [4.78, 5) is 4.19. The molecule has 0 aliphatic heterocycles. The van der Waals surface area contributed by atoms with Gasteiger partial charge in [-0.15, -0.1) is 0 Å². The molecule has 1 aromatic heterocycles. The third kappa shape index (κ3) is 1.23. The molecule has 2 N–H and O–H groups in total. The molecule has 0 fully saturated rings. The van der Waals surface area contributed by atoms with Gasteiger partial charge in [-0.25, -0.2) is 0 Å². The minimum atomic E-state index is 0.685. The highest BCUT2D eigenvalue weighted by Crippen LogP contribution is 2.27. The summed E-state index contributed by atoms with van der Waals surface area (Å²) in [5, 5.41) is 1.60. The molecule has 1 aromatic carbocycles. The molecule has 0 unspecified atom stereocenters. The lowest BCUT2D eigenvalue weighted by molar-refractivity contribution is 1.39. The SMILES string of the molecule is Cc1ccc2c(N)ccnc2c1Cl. The first-order valence-electron chi connectivity index (χ1n) is 3.99. The minimum Gasteiger partial charge on any atom is -0.398 e. The van der Waals surface area contributed by atoms with E-state index < -0.39 is 0 Å². The molecule has 0 bridgehead atoms. The summed E-state index contributed by atoms with van der Waals surface area (Å²) in [6, 6.07) is 5.66. The number of nitrogen functional groups attached to an aromatic ring is 1. The van der Waals surface area contributed by atoms with E-state index in [0.717, 1.165) is 16.5 Å². The predicted molar refractivity (Wildman–Crippen MR) is 55.9 cm³/mol. The smallest absolute Gasteiger partial charge is 0.0911 e. The van der Waals surface area contributed by atoms with E-state index in [1.807, 2.05) is 19.1 Å². The molecule has 66 valence electrons. The fraction of sp³-hybridized carbons (Fsp3) is 0.100. The van der Waals surface area contributed by atoms with E-state index in [-0.39, 0.29) is 0 Å². The first kappa shape index (κ1) is 8.32. The number of hydrogen-bond acceptors (Lipinski definition) is 2. The molecule has 13 heavy (non-hydrogen) atoms. The van der Waals surface area contributed by atoms with Crippen LogP contribution in [0.3, 0.4) is 0 Å². The highest BCUT2D eigenvalue weighted by molar-refractivity contribution is 6.36. The molecular formula is C10H9ClN2. The van der Waals surface area contributed by atoms with E-state index in [2.05, 4.69) is 4.98 Å². The summed E-state index contributed by atoms with van der Waals surface area (Å²) in [6.07, 6.45) is 1.67. The lowest BCUT2D eigenvalue weighted by Gasteiger charge is -2.04. The Labute approximate surface area is 81.3 Å². The van der Waals surface area contributed by atoms with Gasteiger partial charge in [0.25, 0.3) is 0 Å². The number of fused-ring (bicyclic) bond motifs is 1. The fourth-order valence-corrected chi connectivity index (χ4v) is 1.52. The number of benzene rings is 1. The van der Waals surface area contributed by atoms with Crippen LogP contribution in [0.1, 0.15) is 5.56 Å². The number of nitrogens with two attached hydrogens (primary N) is 1. The molecule has 0 aliphatic carbocycles. The average Bonchev–Trinajstić information content (AvgIpc) is 2.12. The first-order chi connectivity index (χ1) is 6.20. The van der Waals surface area contributed by atoms with E-state index in [0.29, 0.717) is 10.7 Å². The molecule has 0 amide bonds. The summed E-state index contributed by atoms with van der Waals surface area (Å²) >= 11 is 6.08. The Morgan fingerprint density at radius 1 is 1.31 bits per heavy atom. The van der Waals surface area contributed by atoms with Gasteiger partial charge in [0.1, 0.15) is 0 Å². The van der Waals surface area contributed by atoms with Gasteiger partial charge in [0.2, 0.25) is 0 Å². The second-order valence-corrected chi connectivity index (χ2v) is 3.37. The van der Waals surface area contributed by atoms with Crippen molar-refractivity contribution in [2.75, 3.05) is 5.73 Å². The summed E-state index contributed by atoms with van der Waals surface area (Å²) in [5.74, 6) is 0. The van der Waals surface area contributed by atoms with Crippen molar-refractivity contribution in [3.05, 3.63) is 35.0 Å². The number of anilines is 1. The first-order valence-corrected chi connectivity index (χ1v) is 4.37. The molecule has 2 nitrogen and oxygen atoms in total. The van der Waals surface area contributed by atoms with Gasteiger partial charge in [-0.2, -0.15) is 0 Å². The molecule has 1 heterocycles. The summed E-state index contributed by atoms with van der Waals surface area (Å²) < 4.78 is 0. The molecule has 2 rings (SSSR count). The number of nitrogens with zero attached hydrogens (tertiary/aromatic N) is 1. The van der Waals surface area contributed by atoms with Crippen LogP contribution in [-0.4, -0.2) is 4.98 Å². The largest absolute Gasteiger partial charge is 0.398 e. The van der Waals surface area contributed by atoms with Crippen molar-refractivity contribution in [1.29, 1.82) is 0 Å². The van der Waals surface area contributed by atoms with Gasteiger partial charge in [-0.1, -0.05) is 23.7 Å². The zero-order valence-electron chi connectivity index (χ0n) is 7.21. The predicted octanol–water partition coefficient (Wildman–Crippen LogP) is 2.78. The topological polar surface area (TPSA) is 38.9 Å². The third-order valence-electron chi connectivity index (χ3n) is 2.08. The summed E-state index contributed by atoms with van der Waals surface area (Å²) in [5.41, 5.74) is 8.29. The van der Waals surface area contributed by atoms with Crippen LogP contribution in [0.15, 0.2) is 24.4 Å². The lowest BCUT2D eigenvalue weighted by atomic mass is 10.1. The number of pyridine rings is 1. The molecule has 3 heteroatoms. The fourth-order valence-electron chi connectivity index (χ4n) is 1.31. The summed E-state index contributed by atoms with van der Waals surface area (Å²) in [7, 11) is 0. The van der Waals surface area contributed by atoms with Gasteiger partial charge in [-0.3, -0.25) is 4.98 Å². The van der Waals surface area contributed by atoms with Crippen molar-refractivity contribution in [3.63, 3.8) is 0 Å². The van der Waals surface area contributed by atoms with Crippen LogP contribution >= 0.6 is 11.6 Å². The Kier molecular flexibility index (Phi) is 1.85. The third-order valence-corrected chi connectivity index (χ3v) is 2.56. The number of hydrogen-bond donors (Lipinski definition) is 1. The van der Waals surface area contributed by atoms with Gasteiger partial charge in [0, 0.05) is 17.3 Å². The van der Waals surface area contributed by atoms with Crippen molar-refractivity contribution in [1.82, 2.24) is 4.98 Å². The summed E-state index contributed by atoms with van der Waals surface area (Å²) in [6.45, 7) is 1.95. The maximum atomic E-state index is 6.08. The minimum absolute atomic E-state index is 0.685. The van der Waals surface area contributed by atoms with E-state index in [9.17, 15) is 0 Å². The Morgan fingerprint density at radius 3 is 2.85 bits per heavy atom. The van der Waals surface area contributed by atoms with Crippen LogP contribution in [0.5, 0.6) is 0 Å². The van der Waals surface area contributed by atoms with Crippen molar-refractivity contribution < 1.29 is 0 Å². The maximum absolute atomic E-state index is 6.08. The van der Waals surface area contributed by atoms with Gasteiger partial charge in [0.15, 0.2) is 0 Å². The van der Waals surface area contributed by atoms with E-state index in [1.165, 1.54) is 0 Å². The highest BCUT2D eigenvalue weighted by atomic mass is 35.5. The van der Waals surface area contributed by atoms with Crippen LogP contribution in [0.25, 0.3) is 10.9 Å². The second-order valence-electron chi connectivity index (χ2n) is 2.99. The van der Waals surface area contributed by atoms with Crippen molar-refractivity contribution in [2.45, 2.75) is 6.92 Å². The molecule has 0 radical (unpaired) electrons. The monoisotopic (exact) mass is 192 g/mol. The van der Waals surface area contributed by atoms with Crippen molar-refractivity contribution in [3.8, 4) is 0 Å². The highest BCUT2D eigenvalue weighted by Gasteiger charge is 2.04. The van der Waals surface area contributed by atoms with Crippen molar-refractivity contribution in [2.24, 2.45) is 0 Å². The number of aromatic nitrogens is 1. The van der Waals surface area contributed by atoms with Gasteiger partial charge in [0.05, 0.1) is 10.5 Å². The molecule has 0 spiro atoms. The standard InChI is InChI=1S/C10H9ClN2/c1-6-2-3-7-8(12)4-5-13-10(7)9(6)11/h2-5H,1H3,(H2,12,13). The zero-order valence-corrected chi connectivity index (χ0v) is 7.97. The van der Waals surface area contributed by atoms with E-state index >= 15 is 0 Å². The molecule has 2 aromatic rings. The van der Waals surface area contributed by atoms with Gasteiger partial charge >= 0.3 is 0 Å². The van der Waals surface area contributed by atoms with E-state index in [4.69, 9.17) is 17.3 Å². The number of aryl methyl sites for hydroxylation is 1. The molecular weight excluding hydrogens is 184 g/mol. The molecule has 0 atom stereocenters. The van der Waals surface area contributed by atoms with Crippen LogP contribution in [-0.2, 0) is 0 Å². The van der Waals surface area contributed by atoms with Crippen LogP contribution in [0.4, 0.5) is 5.69 Å². The van der Waals surface area contributed by atoms with E-state index in [1.54, 1.807) is 12.3 Å².